The Kier molecular flexibility index (Phi) is 1.40. The standard InChI is InChI=1S/C14H22N2/c1-3-16(4-2-15-1)13-7-11-5-10-6-14(11,9-13)12(10)8-13/h10-12,15H,1-9H2/t10?,11-,12?,13?,14?/m0/s1. The molecule has 5 aliphatic carbocycles. The van der Waals surface area contributed by atoms with Crippen molar-refractivity contribution in [3.8, 4) is 0 Å². The Balaban J connectivity index is 1.51. The van der Waals surface area contributed by atoms with E-state index in [9.17, 15) is 0 Å². The van der Waals surface area contributed by atoms with Crippen LogP contribution in [0.25, 0.3) is 0 Å². The SMILES string of the molecule is C1CN(C23CC4C5C[C@@H](C2)C4(C5)C3)CCN1. The summed E-state index contributed by atoms with van der Waals surface area (Å²) in [6.45, 7) is 5.10. The van der Waals surface area contributed by atoms with Crippen molar-refractivity contribution < 1.29 is 0 Å². The second-order valence-corrected chi connectivity index (χ2v) is 7.28. The average molecular weight is 218 g/mol. The molecule has 2 nitrogen and oxygen atoms in total. The van der Waals surface area contributed by atoms with Crippen molar-refractivity contribution in [1.29, 1.82) is 0 Å². The molecule has 6 aliphatic rings. The van der Waals surface area contributed by atoms with E-state index < -0.39 is 0 Å². The Labute approximate surface area is 97.8 Å². The van der Waals surface area contributed by atoms with Crippen LogP contribution in [0.3, 0.4) is 0 Å². The summed E-state index contributed by atoms with van der Waals surface area (Å²) in [4.78, 5) is 2.88. The minimum Gasteiger partial charge on any atom is -0.314 e. The highest BCUT2D eigenvalue weighted by atomic mass is 15.3. The molecule has 0 amide bonds. The van der Waals surface area contributed by atoms with Crippen LogP contribution in [0.5, 0.6) is 0 Å². The van der Waals surface area contributed by atoms with Gasteiger partial charge in [-0.2, -0.15) is 0 Å². The number of piperazine rings is 1. The summed E-state index contributed by atoms with van der Waals surface area (Å²) in [5, 5.41) is 3.51. The van der Waals surface area contributed by atoms with E-state index in [2.05, 4.69) is 10.2 Å². The lowest BCUT2D eigenvalue weighted by molar-refractivity contribution is 0.0229. The van der Waals surface area contributed by atoms with E-state index in [-0.39, 0.29) is 0 Å². The van der Waals surface area contributed by atoms with Gasteiger partial charge in [-0.05, 0) is 55.3 Å². The van der Waals surface area contributed by atoms with Crippen LogP contribution in [0, 0.1) is 23.2 Å². The number of nitrogens with one attached hydrogen (secondary N) is 1. The molecule has 0 radical (unpaired) electrons. The maximum Gasteiger partial charge on any atom is 0.0222 e. The zero-order chi connectivity index (χ0) is 10.4. The van der Waals surface area contributed by atoms with E-state index >= 15 is 0 Å². The Morgan fingerprint density at radius 2 is 1.94 bits per heavy atom. The third-order valence-electron chi connectivity index (χ3n) is 7.02. The molecule has 5 atom stereocenters. The third-order valence-corrected chi connectivity index (χ3v) is 7.02. The molecule has 88 valence electrons. The van der Waals surface area contributed by atoms with Gasteiger partial charge in [0.1, 0.15) is 0 Å². The molecule has 3 bridgehead atoms. The first-order chi connectivity index (χ1) is 7.82. The van der Waals surface area contributed by atoms with Crippen LogP contribution >= 0.6 is 0 Å². The summed E-state index contributed by atoms with van der Waals surface area (Å²) in [6, 6.07) is 0. The van der Waals surface area contributed by atoms with E-state index in [1.165, 1.54) is 32.1 Å². The second kappa shape index (κ2) is 2.51. The molecule has 1 N–H and O–H groups in total. The summed E-state index contributed by atoms with van der Waals surface area (Å²) in [5.41, 5.74) is 1.57. The highest BCUT2D eigenvalue weighted by Gasteiger charge is 2.76. The lowest BCUT2D eigenvalue weighted by Gasteiger charge is -2.47. The molecule has 1 saturated heterocycles. The minimum absolute atomic E-state index is 0.683. The van der Waals surface area contributed by atoms with Crippen molar-refractivity contribution in [3.05, 3.63) is 0 Å². The fraction of sp³-hybridized carbons (Fsp3) is 1.00. The van der Waals surface area contributed by atoms with E-state index in [0.29, 0.717) is 5.54 Å². The number of nitrogens with zero attached hydrogens (tertiary/aromatic N) is 1. The zero-order valence-corrected chi connectivity index (χ0v) is 10.0. The molecule has 1 heterocycles. The van der Waals surface area contributed by atoms with Gasteiger partial charge in [-0.3, -0.25) is 4.90 Å². The predicted octanol–water partition coefficient (Wildman–Crippen LogP) is 1.47. The number of hydrogen-bond donors (Lipinski definition) is 1. The quantitative estimate of drug-likeness (QED) is 0.717. The van der Waals surface area contributed by atoms with E-state index in [1.54, 1.807) is 32.1 Å². The molecular formula is C14H22N2. The number of fused-ring (bicyclic) bond motifs is 1. The van der Waals surface area contributed by atoms with Crippen molar-refractivity contribution >= 4 is 0 Å². The van der Waals surface area contributed by atoms with Gasteiger partial charge in [0.05, 0.1) is 0 Å². The Hall–Kier alpha value is -0.0800. The summed E-state index contributed by atoms with van der Waals surface area (Å²) < 4.78 is 0. The Morgan fingerprint density at radius 3 is 2.69 bits per heavy atom. The molecular weight excluding hydrogens is 196 g/mol. The van der Waals surface area contributed by atoms with Gasteiger partial charge in [0.15, 0.2) is 0 Å². The summed E-state index contributed by atoms with van der Waals surface area (Å²) in [6.07, 6.45) is 7.97. The van der Waals surface area contributed by atoms with Gasteiger partial charge < -0.3 is 5.32 Å². The normalized spacial score (nSPS) is 62.6. The van der Waals surface area contributed by atoms with Gasteiger partial charge in [0.25, 0.3) is 0 Å². The summed E-state index contributed by atoms with van der Waals surface area (Å²) >= 11 is 0. The number of hydrogen-bond acceptors (Lipinski definition) is 2. The fourth-order valence-electron chi connectivity index (χ4n) is 6.63. The molecule has 1 aliphatic heterocycles. The van der Waals surface area contributed by atoms with Crippen LogP contribution in [0.2, 0.25) is 0 Å². The largest absolute Gasteiger partial charge is 0.314 e. The van der Waals surface area contributed by atoms with Crippen molar-refractivity contribution in [3.63, 3.8) is 0 Å². The lowest BCUT2D eigenvalue weighted by atomic mass is 9.60. The first-order valence-electron chi connectivity index (χ1n) is 7.28. The van der Waals surface area contributed by atoms with Crippen molar-refractivity contribution in [2.24, 2.45) is 23.2 Å². The Bertz CT molecular complexity index is 335. The molecule has 2 heteroatoms. The van der Waals surface area contributed by atoms with Gasteiger partial charge in [-0.1, -0.05) is 0 Å². The van der Waals surface area contributed by atoms with Gasteiger partial charge >= 0.3 is 0 Å². The topological polar surface area (TPSA) is 15.3 Å². The van der Waals surface area contributed by atoms with Crippen LogP contribution in [-0.2, 0) is 0 Å². The molecule has 4 unspecified atom stereocenters. The van der Waals surface area contributed by atoms with Gasteiger partial charge in [0, 0.05) is 31.7 Å². The van der Waals surface area contributed by atoms with Crippen LogP contribution < -0.4 is 5.32 Å². The van der Waals surface area contributed by atoms with Crippen molar-refractivity contribution in [1.82, 2.24) is 10.2 Å². The summed E-state index contributed by atoms with van der Waals surface area (Å²) in [7, 11) is 0. The molecule has 6 rings (SSSR count). The molecule has 0 aromatic rings. The molecule has 1 spiro atoms. The van der Waals surface area contributed by atoms with E-state index in [1.807, 2.05) is 0 Å². The second-order valence-electron chi connectivity index (χ2n) is 7.28. The van der Waals surface area contributed by atoms with Gasteiger partial charge in [-0.25, -0.2) is 0 Å². The maximum absolute atomic E-state index is 3.51. The number of rotatable bonds is 1. The third kappa shape index (κ3) is 0.770. The van der Waals surface area contributed by atoms with Crippen molar-refractivity contribution in [2.45, 2.75) is 37.6 Å². The lowest BCUT2D eigenvalue weighted by Crippen LogP contribution is -2.54. The summed E-state index contributed by atoms with van der Waals surface area (Å²) in [5.74, 6) is 3.48. The average Bonchev–Trinajstić information content (AvgIpc) is 2.91. The molecule has 6 fully saturated rings. The highest BCUT2D eigenvalue weighted by Crippen LogP contribution is 2.81. The predicted molar refractivity (Wildman–Crippen MR) is 63.2 cm³/mol. The van der Waals surface area contributed by atoms with E-state index in [4.69, 9.17) is 0 Å². The van der Waals surface area contributed by atoms with Crippen LogP contribution in [0.15, 0.2) is 0 Å². The van der Waals surface area contributed by atoms with Crippen LogP contribution in [-0.4, -0.2) is 36.6 Å². The van der Waals surface area contributed by atoms with Gasteiger partial charge in [-0.15, -0.1) is 0 Å². The fourth-order valence-corrected chi connectivity index (χ4v) is 6.63. The first kappa shape index (κ1) is 8.93. The van der Waals surface area contributed by atoms with Crippen molar-refractivity contribution in [2.75, 3.05) is 26.2 Å². The Morgan fingerprint density at radius 1 is 1.06 bits per heavy atom. The monoisotopic (exact) mass is 218 g/mol. The smallest absolute Gasteiger partial charge is 0.0222 e. The van der Waals surface area contributed by atoms with E-state index in [0.717, 1.165) is 17.3 Å². The molecule has 16 heavy (non-hydrogen) atoms. The molecule has 0 aromatic carbocycles. The van der Waals surface area contributed by atoms with Gasteiger partial charge in [0.2, 0.25) is 0 Å². The maximum atomic E-state index is 3.51. The van der Waals surface area contributed by atoms with Crippen LogP contribution in [0.1, 0.15) is 32.1 Å². The highest BCUT2D eigenvalue weighted by molar-refractivity contribution is 5.28. The zero-order valence-electron chi connectivity index (χ0n) is 10.0. The molecule has 5 saturated carbocycles. The minimum atomic E-state index is 0.683. The first-order valence-corrected chi connectivity index (χ1v) is 7.28. The van der Waals surface area contributed by atoms with Crippen LogP contribution in [0.4, 0.5) is 0 Å². The molecule has 0 aromatic heterocycles.